The number of β-lactam (4-membered cyclic amide) rings is 1. The van der Waals surface area contributed by atoms with Crippen molar-refractivity contribution in [3.05, 3.63) is 22.3 Å². The largest absolute Gasteiger partial charge is 0.490 e. The first kappa shape index (κ1) is 37.0. The third kappa shape index (κ3) is 9.54. The van der Waals surface area contributed by atoms with Crippen LogP contribution in [-0.2, 0) is 33.5 Å². The number of hydrogen-bond acceptors (Lipinski definition) is 13. The van der Waals surface area contributed by atoms with Gasteiger partial charge < -0.3 is 40.2 Å². The fourth-order valence-electron chi connectivity index (χ4n) is 4.14. The lowest BCUT2D eigenvalue weighted by molar-refractivity contribution is -0.192. The highest BCUT2D eigenvalue weighted by atomic mass is 32.2. The van der Waals surface area contributed by atoms with E-state index < -0.39 is 47.4 Å². The van der Waals surface area contributed by atoms with Gasteiger partial charge in [-0.1, -0.05) is 12.1 Å². The number of anilines is 1. The van der Waals surface area contributed by atoms with Crippen LogP contribution < -0.4 is 10.6 Å². The molecular formula is C25H30F3N7O10S2. The number of thioether (sulfide) groups is 1. The summed E-state index contributed by atoms with van der Waals surface area (Å²) in [6, 6.07) is -1.02. The molecule has 0 aromatic carbocycles. The van der Waals surface area contributed by atoms with Gasteiger partial charge in [0.2, 0.25) is 6.41 Å². The van der Waals surface area contributed by atoms with Gasteiger partial charge in [0.1, 0.15) is 36.0 Å². The highest BCUT2D eigenvalue weighted by Crippen LogP contribution is 2.40. The lowest BCUT2D eigenvalue weighted by atomic mass is 10.0. The number of hydrogen-bond donors (Lipinski definition) is 4. The van der Waals surface area contributed by atoms with Gasteiger partial charge >= 0.3 is 24.2 Å². The maximum atomic E-state index is 13.1. The fourth-order valence-corrected chi connectivity index (χ4v) is 6.12. The zero-order valence-corrected chi connectivity index (χ0v) is 26.4. The molecule has 258 valence electrons. The van der Waals surface area contributed by atoms with Gasteiger partial charge in [0.15, 0.2) is 10.8 Å². The molecule has 4 rings (SSSR count). The number of carboxylic acid groups (broad SMARTS) is 2. The Morgan fingerprint density at radius 2 is 1.85 bits per heavy atom. The van der Waals surface area contributed by atoms with Crippen LogP contribution in [0.1, 0.15) is 19.0 Å². The van der Waals surface area contributed by atoms with Crippen molar-refractivity contribution in [3.63, 3.8) is 0 Å². The van der Waals surface area contributed by atoms with Crippen molar-refractivity contribution < 1.29 is 61.7 Å². The number of ether oxygens (including phenoxy) is 1. The van der Waals surface area contributed by atoms with Gasteiger partial charge in [-0.05, 0) is 13.5 Å². The fraction of sp³-hybridized carbons (Fsp3) is 0.520. The van der Waals surface area contributed by atoms with E-state index in [0.29, 0.717) is 44.6 Å². The molecule has 1 unspecified atom stereocenters. The molecule has 4 heterocycles. The quantitative estimate of drug-likeness (QED) is 0.0814. The third-order valence-electron chi connectivity index (χ3n) is 6.51. The Labute approximate surface area is 272 Å². The Morgan fingerprint density at radius 1 is 1.19 bits per heavy atom. The van der Waals surface area contributed by atoms with E-state index in [0.717, 1.165) is 16.2 Å². The topological polar surface area (TPSA) is 220 Å². The van der Waals surface area contributed by atoms with Gasteiger partial charge in [0.05, 0.1) is 0 Å². The molecule has 0 saturated carbocycles. The first-order chi connectivity index (χ1) is 22.2. The van der Waals surface area contributed by atoms with Gasteiger partial charge in [-0.3, -0.25) is 19.3 Å². The third-order valence-corrected chi connectivity index (χ3v) is 8.62. The standard InChI is InChI=1S/C23H29N7O8S2.C2HF3O2/c1-3-8-38-27-15(14-11-40-22(25-14)24-12-31)18(32)26-16-19(33)30-17(21(34)35)13(10-39-20(16)30)9-37-23(36)29-6-4-28(2)5-7-29;3-2(4,5)1(6)7/h11-12,16,20H,3-10H2,1-2H3,(H,26,32)(H,34,35)(H,24,25,31);(H,6,7)/t16?,20-;/m0./s1. The van der Waals surface area contributed by atoms with Crippen LogP contribution in [0.5, 0.6) is 0 Å². The van der Waals surface area contributed by atoms with Crippen LogP contribution in [0.2, 0.25) is 0 Å². The minimum Gasteiger partial charge on any atom is -0.477 e. The number of carbonyl (C=O) groups excluding carboxylic acids is 4. The average Bonchev–Trinajstić information content (AvgIpc) is 3.48. The van der Waals surface area contributed by atoms with E-state index in [4.69, 9.17) is 19.5 Å². The van der Waals surface area contributed by atoms with Gasteiger partial charge in [0, 0.05) is 42.9 Å². The number of rotatable bonds is 11. The summed E-state index contributed by atoms with van der Waals surface area (Å²) in [6.45, 7) is 4.27. The lowest BCUT2D eigenvalue weighted by Gasteiger charge is -2.49. The number of fused-ring (bicyclic) bond motifs is 1. The second-order valence-corrected chi connectivity index (χ2v) is 11.8. The number of piperazine rings is 1. The second kappa shape index (κ2) is 16.4. The molecule has 2 atom stereocenters. The minimum absolute atomic E-state index is 0.137. The van der Waals surface area contributed by atoms with Crippen LogP contribution in [-0.4, -0.2) is 142 Å². The number of nitrogens with zero attached hydrogens (tertiary/aromatic N) is 5. The molecular weight excluding hydrogens is 679 g/mol. The maximum absolute atomic E-state index is 13.1. The summed E-state index contributed by atoms with van der Waals surface area (Å²) in [5.74, 6) is -5.27. The number of nitrogens with one attached hydrogen (secondary N) is 2. The molecule has 3 aliphatic rings. The zero-order chi connectivity index (χ0) is 34.9. The summed E-state index contributed by atoms with van der Waals surface area (Å²) in [5, 5.41) is 27.0. The second-order valence-electron chi connectivity index (χ2n) is 9.84. The molecule has 1 aromatic heterocycles. The Morgan fingerprint density at radius 3 is 2.43 bits per heavy atom. The predicted octanol–water partition coefficient (Wildman–Crippen LogP) is 0.598. The van der Waals surface area contributed by atoms with E-state index in [1.54, 1.807) is 4.90 Å². The van der Waals surface area contributed by atoms with Gasteiger partial charge in [-0.15, -0.1) is 23.1 Å². The van der Waals surface area contributed by atoms with Crippen molar-refractivity contribution in [1.82, 2.24) is 25.0 Å². The van der Waals surface area contributed by atoms with E-state index in [9.17, 15) is 42.3 Å². The van der Waals surface area contributed by atoms with Crippen LogP contribution >= 0.6 is 23.1 Å². The van der Waals surface area contributed by atoms with E-state index in [1.165, 1.54) is 17.1 Å². The molecule has 4 N–H and O–H groups in total. The number of carboxylic acids is 2. The summed E-state index contributed by atoms with van der Waals surface area (Å²) < 4.78 is 37.1. The number of oxime groups is 1. The molecule has 47 heavy (non-hydrogen) atoms. The molecule has 4 amide bonds. The average molecular weight is 710 g/mol. The smallest absolute Gasteiger partial charge is 0.477 e. The minimum atomic E-state index is -5.08. The first-order valence-corrected chi connectivity index (χ1v) is 15.6. The molecule has 22 heteroatoms. The molecule has 3 aliphatic heterocycles. The molecule has 17 nitrogen and oxygen atoms in total. The summed E-state index contributed by atoms with van der Waals surface area (Å²) in [6.07, 6.45) is -4.54. The van der Waals surface area contributed by atoms with Crippen molar-refractivity contribution in [3.8, 4) is 0 Å². The van der Waals surface area contributed by atoms with Crippen LogP contribution in [0.4, 0.5) is 23.1 Å². The van der Waals surface area contributed by atoms with E-state index >= 15 is 0 Å². The van der Waals surface area contributed by atoms with Crippen LogP contribution in [0.25, 0.3) is 0 Å². The number of halogens is 3. The molecule has 0 aliphatic carbocycles. The molecule has 2 saturated heterocycles. The van der Waals surface area contributed by atoms with Crippen molar-refractivity contribution in [1.29, 1.82) is 0 Å². The highest BCUT2D eigenvalue weighted by molar-refractivity contribution is 8.00. The van der Waals surface area contributed by atoms with Crippen molar-refractivity contribution >= 4 is 70.2 Å². The van der Waals surface area contributed by atoms with Crippen molar-refractivity contribution in [2.24, 2.45) is 5.16 Å². The zero-order valence-electron chi connectivity index (χ0n) is 24.8. The SMILES string of the molecule is CCCON=C(C(=O)NC1C(=O)N2C(C(=O)O)=C(COC(=O)N3CCN(C)CC3)CS[C@@H]12)c1csc(NC=O)n1.O=C(O)C(F)(F)F. The Balaban J connectivity index is 0.000000771. The number of thiazole rings is 1. The summed E-state index contributed by atoms with van der Waals surface area (Å²) in [5.41, 5.74) is -0.0170. The van der Waals surface area contributed by atoms with Crippen LogP contribution in [0.15, 0.2) is 21.8 Å². The van der Waals surface area contributed by atoms with Crippen LogP contribution in [0.3, 0.4) is 0 Å². The highest BCUT2D eigenvalue weighted by Gasteiger charge is 2.54. The normalized spacial score (nSPS) is 19.9. The number of amides is 4. The molecule has 0 radical (unpaired) electrons. The monoisotopic (exact) mass is 709 g/mol. The maximum Gasteiger partial charge on any atom is 0.490 e. The summed E-state index contributed by atoms with van der Waals surface area (Å²) >= 11 is 2.32. The Hall–Kier alpha value is -4.44. The lowest BCUT2D eigenvalue weighted by Crippen LogP contribution is -2.71. The number of aliphatic carboxylic acids is 2. The van der Waals surface area contributed by atoms with Crippen LogP contribution in [0, 0.1) is 0 Å². The van der Waals surface area contributed by atoms with Gasteiger partial charge in [-0.2, -0.15) is 13.2 Å². The molecule has 0 spiro atoms. The Kier molecular flexibility index (Phi) is 12.9. The number of likely N-dealkylation sites (N-methyl/N-ethyl adjacent to an activating group) is 1. The molecule has 1 aromatic rings. The summed E-state index contributed by atoms with van der Waals surface area (Å²) in [4.78, 5) is 84.5. The Bertz CT molecular complexity index is 1430. The van der Waals surface area contributed by atoms with E-state index in [1.807, 2.05) is 14.0 Å². The number of aromatic nitrogens is 1. The van der Waals surface area contributed by atoms with Gasteiger partial charge in [0.25, 0.3) is 11.8 Å². The summed E-state index contributed by atoms with van der Waals surface area (Å²) in [7, 11) is 1.96. The van der Waals surface area contributed by atoms with Gasteiger partial charge in [-0.25, -0.2) is 19.4 Å². The number of carbonyl (C=O) groups is 6. The predicted molar refractivity (Wildman–Crippen MR) is 158 cm³/mol. The number of alkyl halides is 3. The molecule has 0 bridgehead atoms. The first-order valence-electron chi connectivity index (χ1n) is 13.7. The van der Waals surface area contributed by atoms with Crippen molar-refractivity contribution in [2.45, 2.75) is 30.9 Å². The molecule has 2 fully saturated rings. The van der Waals surface area contributed by atoms with E-state index in [2.05, 4.69) is 25.7 Å². The van der Waals surface area contributed by atoms with Crippen molar-refractivity contribution in [2.75, 3.05) is 57.5 Å². The van der Waals surface area contributed by atoms with E-state index in [-0.39, 0.29) is 41.2 Å².